The number of carboxylic acid groups (broad SMARTS) is 1. The zero-order valence-corrected chi connectivity index (χ0v) is 9.24. The van der Waals surface area contributed by atoms with E-state index in [1.54, 1.807) is 6.92 Å². The van der Waals surface area contributed by atoms with E-state index in [1.807, 2.05) is 0 Å². The lowest BCUT2D eigenvalue weighted by molar-refractivity contribution is -0.137. The summed E-state index contributed by atoms with van der Waals surface area (Å²) in [4.78, 5) is 22.4. The van der Waals surface area contributed by atoms with Crippen molar-refractivity contribution in [1.29, 1.82) is 0 Å². The number of halogens is 2. The van der Waals surface area contributed by atoms with Crippen molar-refractivity contribution in [3.63, 3.8) is 0 Å². The number of hydrogen-bond donors (Lipinski definition) is 2. The summed E-state index contributed by atoms with van der Waals surface area (Å²) in [6.07, 6.45) is -2.65. The zero-order chi connectivity index (χ0) is 12.7. The molecule has 0 bridgehead atoms. The van der Waals surface area contributed by atoms with Crippen LogP contribution in [0.4, 0.5) is 13.6 Å². The predicted octanol–water partition coefficient (Wildman–Crippen LogP) is 1.00. The molecule has 0 heterocycles. The summed E-state index contributed by atoms with van der Waals surface area (Å²) in [6, 6.07) is -0.627. The first-order valence-electron chi connectivity index (χ1n) is 4.81. The van der Waals surface area contributed by atoms with E-state index in [2.05, 4.69) is 5.32 Å². The fourth-order valence-electron chi connectivity index (χ4n) is 1.06. The van der Waals surface area contributed by atoms with Crippen LogP contribution in [0.1, 0.15) is 13.3 Å². The maximum atomic E-state index is 11.9. The number of aliphatic carboxylic acids is 1. The van der Waals surface area contributed by atoms with Gasteiger partial charge in [-0.05, 0) is 5.92 Å². The largest absolute Gasteiger partial charge is 0.481 e. The summed E-state index contributed by atoms with van der Waals surface area (Å²) < 4.78 is 23.8. The van der Waals surface area contributed by atoms with Gasteiger partial charge in [0, 0.05) is 20.0 Å². The van der Waals surface area contributed by atoms with Gasteiger partial charge >= 0.3 is 12.0 Å². The van der Waals surface area contributed by atoms with Gasteiger partial charge in [0.2, 0.25) is 0 Å². The second kappa shape index (κ2) is 6.97. The summed E-state index contributed by atoms with van der Waals surface area (Å²) in [5, 5.41) is 10.8. The molecule has 0 saturated carbocycles. The highest BCUT2D eigenvalue weighted by Gasteiger charge is 2.15. The number of alkyl halides is 2. The number of nitrogens with one attached hydrogen (secondary N) is 1. The zero-order valence-electron chi connectivity index (χ0n) is 9.24. The first kappa shape index (κ1) is 14.6. The van der Waals surface area contributed by atoms with Crippen molar-refractivity contribution in [3.05, 3.63) is 0 Å². The normalized spacial score (nSPS) is 12.3. The molecule has 1 unspecified atom stereocenters. The Morgan fingerprint density at radius 1 is 1.44 bits per heavy atom. The van der Waals surface area contributed by atoms with E-state index in [9.17, 15) is 18.4 Å². The Kier molecular flexibility index (Phi) is 6.36. The van der Waals surface area contributed by atoms with Crippen LogP contribution >= 0.6 is 0 Å². The van der Waals surface area contributed by atoms with E-state index in [0.717, 1.165) is 4.90 Å². The molecule has 1 atom stereocenters. The molecule has 2 N–H and O–H groups in total. The van der Waals surface area contributed by atoms with Crippen molar-refractivity contribution in [2.24, 2.45) is 5.92 Å². The van der Waals surface area contributed by atoms with Crippen LogP contribution < -0.4 is 5.32 Å². The van der Waals surface area contributed by atoms with Gasteiger partial charge in [0.1, 0.15) is 0 Å². The van der Waals surface area contributed by atoms with Gasteiger partial charge in [-0.25, -0.2) is 13.6 Å². The molecule has 0 aliphatic heterocycles. The molecule has 0 aliphatic rings. The van der Waals surface area contributed by atoms with Crippen LogP contribution in [0, 0.1) is 5.92 Å². The molecule has 0 radical (unpaired) electrons. The van der Waals surface area contributed by atoms with E-state index in [1.165, 1.54) is 7.05 Å². The molecule has 0 aromatic rings. The molecule has 0 saturated heterocycles. The third-order valence-electron chi connectivity index (χ3n) is 1.88. The first-order chi connectivity index (χ1) is 7.32. The summed E-state index contributed by atoms with van der Waals surface area (Å²) in [5.74, 6) is -1.19. The molecular formula is C9H16F2N2O3. The lowest BCUT2D eigenvalue weighted by Crippen LogP contribution is -2.41. The van der Waals surface area contributed by atoms with Crippen LogP contribution in [0.5, 0.6) is 0 Å². The molecule has 7 heteroatoms. The SMILES string of the molecule is CC(CNC(=O)N(C)CC(F)F)CC(=O)O. The fourth-order valence-corrected chi connectivity index (χ4v) is 1.06. The molecule has 16 heavy (non-hydrogen) atoms. The number of carbonyl (C=O) groups is 2. The van der Waals surface area contributed by atoms with Crippen molar-refractivity contribution in [1.82, 2.24) is 10.2 Å². The summed E-state index contributed by atoms with van der Waals surface area (Å²) in [7, 11) is 1.25. The molecule has 0 aliphatic carbocycles. The topological polar surface area (TPSA) is 69.6 Å². The maximum Gasteiger partial charge on any atom is 0.317 e. The predicted molar refractivity (Wildman–Crippen MR) is 53.4 cm³/mol. The Labute approximate surface area is 92.4 Å². The van der Waals surface area contributed by atoms with Crippen LogP contribution in [0.25, 0.3) is 0 Å². The van der Waals surface area contributed by atoms with E-state index < -0.39 is 25.0 Å². The first-order valence-corrected chi connectivity index (χ1v) is 4.81. The second-order valence-electron chi connectivity index (χ2n) is 3.66. The Balaban J connectivity index is 3.83. The minimum absolute atomic E-state index is 0.0706. The Hall–Kier alpha value is -1.40. The number of urea groups is 1. The van der Waals surface area contributed by atoms with Gasteiger partial charge in [-0.1, -0.05) is 6.92 Å². The Morgan fingerprint density at radius 2 is 2.00 bits per heavy atom. The number of hydrogen-bond acceptors (Lipinski definition) is 2. The van der Waals surface area contributed by atoms with Gasteiger partial charge in [-0.2, -0.15) is 0 Å². The standard InChI is InChI=1S/C9H16F2N2O3/c1-6(3-8(14)15)4-12-9(16)13(2)5-7(10)11/h6-7H,3-5H2,1-2H3,(H,12,16)(H,14,15). The molecule has 0 fully saturated rings. The van der Waals surface area contributed by atoms with Crippen molar-refractivity contribution >= 4 is 12.0 Å². The van der Waals surface area contributed by atoms with Crippen LogP contribution in [0.3, 0.4) is 0 Å². The van der Waals surface area contributed by atoms with Crippen molar-refractivity contribution in [2.45, 2.75) is 19.8 Å². The minimum Gasteiger partial charge on any atom is -0.481 e. The van der Waals surface area contributed by atoms with Gasteiger partial charge in [0.15, 0.2) is 0 Å². The maximum absolute atomic E-state index is 11.9. The van der Waals surface area contributed by atoms with Crippen LogP contribution in [-0.2, 0) is 4.79 Å². The second-order valence-corrected chi connectivity index (χ2v) is 3.66. The Bertz CT molecular complexity index is 249. The van der Waals surface area contributed by atoms with Gasteiger partial charge in [0.05, 0.1) is 6.54 Å². The van der Waals surface area contributed by atoms with Gasteiger partial charge < -0.3 is 15.3 Å². The number of amides is 2. The highest BCUT2D eigenvalue weighted by Crippen LogP contribution is 2.00. The van der Waals surface area contributed by atoms with Crippen molar-refractivity contribution in [3.8, 4) is 0 Å². The van der Waals surface area contributed by atoms with Gasteiger partial charge in [0.25, 0.3) is 6.43 Å². The molecule has 0 spiro atoms. The number of nitrogens with zero attached hydrogens (tertiary/aromatic N) is 1. The summed E-state index contributed by atoms with van der Waals surface area (Å²) in [6.45, 7) is 1.17. The number of carboxylic acids is 1. The van der Waals surface area contributed by atoms with Crippen molar-refractivity contribution in [2.75, 3.05) is 20.1 Å². The highest BCUT2D eigenvalue weighted by atomic mass is 19.3. The van der Waals surface area contributed by atoms with Crippen molar-refractivity contribution < 1.29 is 23.5 Å². The lowest BCUT2D eigenvalue weighted by Gasteiger charge is -2.18. The third-order valence-corrected chi connectivity index (χ3v) is 1.88. The highest BCUT2D eigenvalue weighted by molar-refractivity contribution is 5.74. The number of rotatable bonds is 6. The van der Waals surface area contributed by atoms with E-state index in [0.29, 0.717) is 0 Å². The van der Waals surface area contributed by atoms with E-state index in [-0.39, 0.29) is 18.9 Å². The van der Waals surface area contributed by atoms with Crippen LogP contribution in [0.15, 0.2) is 0 Å². The average molecular weight is 238 g/mol. The number of carbonyl (C=O) groups excluding carboxylic acids is 1. The van der Waals surface area contributed by atoms with Gasteiger partial charge in [-0.3, -0.25) is 4.79 Å². The molecule has 0 rings (SSSR count). The molecule has 0 aromatic carbocycles. The minimum atomic E-state index is -2.58. The molecule has 0 aromatic heterocycles. The quantitative estimate of drug-likeness (QED) is 0.725. The molecule has 2 amide bonds. The van der Waals surface area contributed by atoms with E-state index >= 15 is 0 Å². The van der Waals surface area contributed by atoms with Crippen LogP contribution in [-0.4, -0.2) is 48.6 Å². The smallest absolute Gasteiger partial charge is 0.317 e. The Morgan fingerprint density at radius 3 is 2.44 bits per heavy atom. The average Bonchev–Trinajstić information content (AvgIpc) is 2.11. The third kappa shape index (κ3) is 6.97. The molecule has 94 valence electrons. The lowest BCUT2D eigenvalue weighted by atomic mass is 10.1. The summed E-state index contributed by atoms with van der Waals surface area (Å²) in [5.41, 5.74) is 0. The van der Waals surface area contributed by atoms with E-state index in [4.69, 9.17) is 5.11 Å². The summed E-state index contributed by atoms with van der Waals surface area (Å²) >= 11 is 0. The molecular weight excluding hydrogens is 222 g/mol. The van der Waals surface area contributed by atoms with Crippen LogP contribution in [0.2, 0.25) is 0 Å². The monoisotopic (exact) mass is 238 g/mol. The van der Waals surface area contributed by atoms with Gasteiger partial charge in [-0.15, -0.1) is 0 Å². The fraction of sp³-hybridized carbons (Fsp3) is 0.778. The molecule has 5 nitrogen and oxygen atoms in total.